The van der Waals surface area contributed by atoms with Gasteiger partial charge in [-0.1, -0.05) is 0 Å². The van der Waals surface area contributed by atoms with Crippen LogP contribution in [-0.4, -0.2) is 73.7 Å². The van der Waals surface area contributed by atoms with Crippen molar-refractivity contribution in [2.45, 2.75) is 32.5 Å². The average Bonchev–Trinajstić information content (AvgIpc) is 2.41. The first kappa shape index (κ1) is 17.9. The van der Waals surface area contributed by atoms with E-state index in [1.54, 1.807) is 11.8 Å². The van der Waals surface area contributed by atoms with Gasteiger partial charge in [0.15, 0.2) is 5.96 Å². The molecule has 0 aromatic rings. The first-order chi connectivity index (χ1) is 9.75. The van der Waals surface area contributed by atoms with Gasteiger partial charge in [0.25, 0.3) is 6.43 Å². The molecule has 1 unspecified atom stereocenters. The van der Waals surface area contributed by atoms with Crippen molar-refractivity contribution in [3.63, 3.8) is 0 Å². The van der Waals surface area contributed by atoms with Crippen molar-refractivity contribution in [2.75, 3.05) is 39.3 Å². The van der Waals surface area contributed by atoms with Crippen LogP contribution in [0.25, 0.3) is 0 Å². The van der Waals surface area contributed by atoms with Gasteiger partial charge in [0.1, 0.15) is 12.6 Å². The Morgan fingerprint density at radius 2 is 1.76 bits per heavy atom. The van der Waals surface area contributed by atoms with E-state index in [0.29, 0.717) is 25.6 Å². The molecule has 0 spiro atoms. The molecule has 21 heavy (non-hydrogen) atoms. The van der Waals surface area contributed by atoms with Crippen LogP contribution in [0.3, 0.4) is 0 Å². The predicted molar refractivity (Wildman–Crippen MR) is 70.6 cm³/mol. The molecule has 1 fully saturated rings. The van der Waals surface area contributed by atoms with Crippen LogP contribution in [0, 0.1) is 0 Å². The molecule has 0 aromatic heterocycles. The molecular formula is C12H21F5N4. The molecule has 0 saturated carbocycles. The number of nitrogens with one attached hydrogen (secondary N) is 1. The third-order valence-corrected chi connectivity index (χ3v) is 3.35. The molecule has 0 aliphatic carbocycles. The Bertz CT molecular complexity index is 337. The summed E-state index contributed by atoms with van der Waals surface area (Å²) in [5.41, 5.74) is 0. The summed E-state index contributed by atoms with van der Waals surface area (Å²) in [4.78, 5) is 6.85. The Morgan fingerprint density at radius 1 is 1.19 bits per heavy atom. The van der Waals surface area contributed by atoms with Gasteiger partial charge in [0, 0.05) is 32.7 Å². The summed E-state index contributed by atoms with van der Waals surface area (Å²) in [6, 6.07) is -1.50. The standard InChI is InChI=1S/C12H21F5N4/c1-3-18-11(19-8-10(13)14)21-6-4-20(5-7-21)9(2)12(15,16)17/h9-10H,3-8H2,1-2H3,(H,18,19). The SMILES string of the molecule is CCNC(=NCC(F)F)N1CCN(C(C)C(F)(F)F)CC1. The van der Waals surface area contributed by atoms with Crippen LogP contribution < -0.4 is 5.32 Å². The molecule has 0 radical (unpaired) electrons. The molecule has 1 rings (SSSR count). The van der Waals surface area contributed by atoms with Crippen LogP contribution in [0.2, 0.25) is 0 Å². The van der Waals surface area contributed by atoms with Crippen LogP contribution in [-0.2, 0) is 0 Å². The summed E-state index contributed by atoms with van der Waals surface area (Å²) in [7, 11) is 0. The van der Waals surface area contributed by atoms with Crippen LogP contribution >= 0.6 is 0 Å². The maximum Gasteiger partial charge on any atom is 0.403 e. The number of guanidine groups is 1. The van der Waals surface area contributed by atoms with Gasteiger partial charge in [-0.05, 0) is 13.8 Å². The lowest BCUT2D eigenvalue weighted by Crippen LogP contribution is -2.56. The van der Waals surface area contributed by atoms with E-state index in [9.17, 15) is 22.0 Å². The zero-order valence-corrected chi connectivity index (χ0v) is 12.1. The molecule has 1 saturated heterocycles. The highest BCUT2D eigenvalue weighted by Crippen LogP contribution is 2.25. The van der Waals surface area contributed by atoms with Gasteiger partial charge in [0.2, 0.25) is 0 Å². The Kier molecular flexibility index (Phi) is 6.63. The normalized spacial score (nSPS) is 20.0. The van der Waals surface area contributed by atoms with Gasteiger partial charge in [-0.2, -0.15) is 13.2 Å². The third-order valence-electron chi connectivity index (χ3n) is 3.35. The van der Waals surface area contributed by atoms with Crippen molar-refractivity contribution in [3.05, 3.63) is 0 Å². The van der Waals surface area contributed by atoms with Crippen molar-refractivity contribution < 1.29 is 22.0 Å². The highest BCUT2D eigenvalue weighted by Gasteiger charge is 2.41. The van der Waals surface area contributed by atoms with Crippen molar-refractivity contribution in [1.82, 2.24) is 15.1 Å². The minimum Gasteiger partial charge on any atom is -0.357 e. The fourth-order valence-corrected chi connectivity index (χ4v) is 2.11. The number of rotatable bonds is 4. The molecule has 124 valence electrons. The number of aliphatic imine (C=N–C) groups is 1. The summed E-state index contributed by atoms with van der Waals surface area (Å²) in [5, 5.41) is 2.88. The van der Waals surface area contributed by atoms with Gasteiger partial charge >= 0.3 is 6.18 Å². The van der Waals surface area contributed by atoms with Crippen LogP contribution in [0.15, 0.2) is 4.99 Å². The Hall–Kier alpha value is -1.12. The molecule has 1 atom stereocenters. The number of hydrogen-bond donors (Lipinski definition) is 1. The highest BCUT2D eigenvalue weighted by molar-refractivity contribution is 5.80. The Labute approximate surface area is 121 Å². The van der Waals surface area contributed by atoms with Crippen LogP contribution in [0.1, 0.15) is 13.8 Å². The largest absolute Gasteiger partial charge is 0.403 e. The quantitative estimate of drug-likeness (QED) is 0.487. The third kappa shape index (κ3) is 5.64. The molecule has 1 aliphatic heterocycles. The summed E-state index contributed by atoms with van der Waals surface area (Å²) < 4.78 is 62.4. The summed E-state index contributed by atoms with van der Waals surface area (Å²) in [5.74, 6) is 0.331. The second kappa shape index (κ2) is 7.77. The van der Waals surface area contributed by atoms with Gasteiger partial charge in [0.05, 0.1) is 0 Å². The van der Waals surface area contributed by atoms with Crippen molar-refractivity contribution >= 4 is 5.96 Å². The molecular weight excluding hydrogens is 295 g/mol. The van der Waals surface area contributed by atoms with Crippen molar-refractivity contribution in [3.8, 4) is 0 Å². The number of hydrogen-bond acceptors (Lipinski definition) is 2. The van der Waals surface area contributed by atoms with E-state index >= 15 is 0 Å². The smallest absolute Gasteiger partial charge is 0.357 e. The Balaban J connectivity index is 2.58. The van der Waals surface area contributed by atoms with Crippen LogP contribution in [0.5, 0.6) is 0 Å². The monoisotopic (exact) mass is 316 g/mol. The molecule has 1 N–H and O–H groups in total. The number of piperazine rings is 1. The summed E-state index contributed by atoms with van der Waals surface area (Å²) >= 11 is 0. The fourth-order valence-electron chi connectivity index (χ4n) is 2.11. The van der Waals surface area contributed by atoms with Gasteiger partial charge in [-0.3, -0.25) is 4.90 Å². The van der Waals surface area contributed by atoms with Gasteiger partial charge < -0.3 is 10.2 Å². The second-order valence-corrected chi connectivity index (χ2v) is 4.83. The topological polar surface area (TPSA) is 30.9 Å². The average molecular weight is 316 g/mol. The maximum absolute atomic E-state index is 12.6. The Morgan fingerprint density at radius 3 is 2.19 bits per heavy atom. The first-order valence-corrected chi connectivity index (χ1v) is 6.87. The highest BCUT2D eigenvalue weighted by atomic mass is 19.4. The lowest BCUT2D eigenvalue weighted by Gasteiger charge is -2.39. The van der Waals surface area contributed by atoms with Crippen LogP contribution in [0.4, 0.5) is 22.0 Å². The molecule has 4 nitrogen and oxygen atoms in total. The fraction of sp³-hybridized carbons (Fsp3) is 0.917. The zero-order chi connectivity index (χ0) is 16.0. The minimum atomic E-state index is -4.25. The molecule has 1 heterocycles. The lowest BCUT2D eigenvalue weighted by molar-refractivity contribution is -0.181. The van der Waals surface area contributed by atoms with E-state index in [1.165, 1.54) is 4.90 Å². The summed E-state index contributed by atoms with van der Waals surface area (Å²) in [6.45, 7) is 3.94. The van der Waals surface area contributed by atoms with E-state index in [0.717, 1.165) is 6.92 Å². The first-order valence-electron chi connectivity index (χ1n) is 6.87. The molecule has 9 heteroatoms. The predicted octanol–water partition coefficient (Wildman–Crippen LogP) is 1.79. The van der Waals surface area contributed by atoms with E-state index in [4.69, 9.17) is 0 Å². The summed E-state index contributed by atoms with van der Waals surface area (Å²) in [6.07, 6.45) is -6.79. The number of nitrogens with zero attached hydrogens (tertiary/aromatic N) is 3. The maximum atomic E-state index is 12.6. The van der Waals surface area contributed by atoms with E-state index in [2.05, 4.69) is 10.3 Å². The zero-order valence-electron chi connectivity index (χ0n) is 12.1. The lowest BCUT2D eigenvalue weighted by atomic mass is 10.2. The van der Waals surface area contributed by atoms with Gasteiger partial charge in [-0.25, -0.2) is 13.8 Å². The van der Waals surface area contributed by atoms with E-state index in [1.807, 2.05) is 0 Å². The van der Waals surface area contributed by atoms with E-state index < -0.39 is 25.2 Å². The van der Waals surface area contributed by atoms with Crippen molar-refractivity contribution in [2.24, 2.45) is 4.99 Å². The van der Waals surface area contributed by atoms with E-state index in [-0.39, 0.29) is 13.1 Å². The second-order valence-electron chi connectivity index (χ2n) is 4.83. The minimum absolute atomic E-state index is 0.222. The molecule has 0 bridgehead atoms. The van der Waals surface area contributed by atoms with Gasteiger partial charge in [-0.15, -0.1) is 0 Å². The van der Waals surface area contributed by atoms with Crippen molar-refractivity contribution in [1.29, 1.82) is 0 Å². The number of halogens is 5. The molecule has 0 aromatic carbocycles. The molecule has 1 aliphatic rings. The number of alkyl halides is 5. The molecule has 0 amide bonds.